The number of benzene rings is 3. The number of nitrogens with zero attached hydrogens (tertiary/aromatic N) is 2. The van der Waals surface area contributed by atoms with Crippen LogP contribution in [0.2, 0.25) is 0 Å². The van der Waals surface area contributed by atoms with Crippen LogP contribution in [0, 0.1) is 49.4 Å². The number of carbonyl (C=O) groups excluding carboxylic acids is 6. The molecule has 2 aromatic heterocycles. The van der Waals surface area contributed by atoms with E-state index in [-0.39, 0.29) is 49.4 Å². The van der Waals surface area contributed by atoms with Gasteiger partial charge in [-0.3, -0.25) is 33.8 Å². The van der Waals surface area contributed by atoms with Crippen LogP contribution in [0.3, 0.4) is 0 Å². The van der Waals surface area contributed by atoms with E-state index in [1.54, 1.807) is 0 Å². The van der Waals surface area contributed by atoms with Crippen molar-refractivity contribution in [3.05, 3.63) is 97.2 Å². The van der Waals surface area contributed by atoms with Crippen molar-refractivity contribution in [3.8, 4) is 22.4 Å². The summed E-state index contributed by atoms with van der Waals surface area (Å²) < 4.78 is 102. The molecule has 5 aromatic rings. The fourth-order valence-corrected chi connectivity index (χ4v) is 4.41. The van der Waals surface area contributed by atoms with Crippen LogP contribution < -0.4 is 0 Å². The maximum atomic E-state index is 11.3. The number of aromatic nitrogens is 2. The van der Waals surface area contributed by atoms with Gasteiger partial charge in [0, 0.05) is 77.5 Å². The summed E-state index contributed by atoms with van der Waals surface area (Å²) in [6.45, 7) is 2.80. The molecule has 57 heavy (non-hydrogen) atoms. The Morgan fingerprint density at radius 3 is 1.25 bits per heavy atom. The second-order valence-electron chi connectivity index (χ2n) is 11.7. The number of hydrogen-bond donors (Lipinski definition) is 0. The molecular weight excluding hydrogens is 915 g/mol. The SMILES string of the molecule is CC(=O)CC(=O)C(F)(F)F.CC(=O)CC(=O)C(F)(F)F.CC(=O)CC(=O)C(F)(F)F.[Eu].c1ccc(-c2cc3ccc4cccnc4c3nc2-c2ccccc2)cc1. The average Bonchev–Trinajstić information content (AvgIpc) is 3.10. The number of Topliss-reactive ketones (excluding diaryl/α,β-unsaturated/α-hetero) is 6. The molecule has 1 radical (unpaired) electrons. The predicted molar refractivity (Wildman–Crippen MR) is 187 cm³/mol. The predicted octanol–water partition coefficient (Wildman–Crippen LogP) is 9.41. The van der Waals surface area contributed by atoms with E-state index in [0.717, 1.165) is 59.4 Å². The molecule has 8 nitrogen and oxygen atoms in total. The molecular formula is C39H31EuF9N2O6. The van der Waals surface area contributed by atoms with Gasteiger partial charge in [0.2, 0.25) is 17.3 Å². The summed E-state index contributed by atoms with van der Waals surface area (Å²) in [5, 5.41) is 2.22. The van der Waals surface area contributed by atoms with E-state index in [2.05, 4.69) is 77.8 Å². The number of fused-ring (bicyclic) bond motifs is 3. The van der Waals surface area contributed by atoms with Crippen LogP contribution in [0.25, 0.3) is 44.2 Å². The third kappa shape index (κ3) is 17.2. The molecule has 0 amide bonds. The molecule has 0 spiro atoms. The molecule has 0 aliphatic carbocycles. The van der Waals surface area contributed by atoms with Crippen LogP contribution in [0.5, 0.6) is 0 Å². The summed E-state index contributed by atoms with van der Waals surface area (Å²) in [6.07, 6.45) is -15.9. The van der Waals surface area contributed by atoms with Crippen molar-refractivity contribution in [3.63, 3.8) is 0 Å². The van der Waals surface area contributed by atoms with Gasteiger partial charge in [-0.25, -0.2) is 4.98 Å². The van der Waals surface area contributed by atoms with Gasteiger partial charge in [-0.05, 0) is 38.5 Å². The molecule has 5 rings (SSSR count). The van der Waals surface area contributed by atoms with Gasteiger partial charge in [-0.15, -0.1) is 0 Å². The van der Waals surface area contributed by atoms with Gasteiger partial charge < -0.3 is 0 Å². The first kappa shape index (κ1) is 50.5. The van der Waals surface area contributed by atoms with Crippen LogP contribution >= 0.6 is 0 Å². The van der Waals surface area contributed by atoms with Gasteiger partial charge in [0.15, 0.2) is 0 Å². The Bertz CT molecular complexity index is 2100. The number of halogens is 9. The van der Waals surface area contributed by atoms with E-state index >= 15 is 0 Å². The summed E-state index contributed by atoms with van der Waals surface area (Å²) in [6, 6.07) is 31.3. The molecule has 0 unspecified atom stereocenters. The zero-order valence-electron chi connectivity index (χ0n) is 30.0. The Kier molecular flexibility index (Phi) is 19.8. The molecule has 0 saturated heterocycles. The van der Waals surface area contributed by atoms with Crippen molar-refractivity contribution in [2.24, 2.45) is 0 Å². The maximum Gasteiger partial charge on any atom is 0.450 e. The van der Waals surface area contributed by atoms with Crippen molar-refractivity contribution in [1.29, 1.82) is 0 Å². The van der Waals surface area contributed by atoms with Crippen molar-refractivity contribution >= 4 is 56.5 Å². The summed E-state index contributed by atoms with van der Waals surface area (Å²) in [7, 11) is 0. The third-order valence-corrected chi connectivity index (χ3v) is 6.87. The second kappa shape index (κ2) is 22.4. The van der Waals surface area contributed by atoms with Crippen molar-refractivity contribution in [2.45, 2.75) is 58.6 Å². The van der Waals surface area contributed by atoms with E-state index in [1.165, 1.54) is 5.56 Å². The average molecular weight is 947 g/mol. The van der Waals surface area contributed by atoms with Gasteiger partial charge >= 0.3 is 18.5 Å². The van der Waals surface area contributed by atoms with Crippen LogP contribution in [0.1, 0.15) is 40.0 Å². The number of ketones is 6. The van der Waals surface area contributed by atoms with E-state index in [1.807, 2.05) is 24.4 Å². The number of alkyl halides is 9. The van der Waals surface area contributed by atoms with Gasteiger partial charge in [-0.2, -0.15) is 39.5 Å². The molecule has 0 aliphatic heterocycles. The first-order valence-corrected chi connectivity index (χ1v) is 16.0. The first-order chi connectivity index (χ1) is 25.9. The van der Waals surface area contributed by atoms with E-state index in [4.69, 9.17) is 4.98 Å². The Balaban J connectivity index is 0.000000440. The topological polar surface area (TPSA) is 128 Å². The fourth-order valence-electron chi connectivity index (χ4n) is 4.41. The number of rotatable bonds is 8. The van der Waals surface area contributed by atoms with Crippen molar-refractivity contribution in [1.82, 2.24) is 9.97 Å². The van der Waals surface area contributed by atoms with Crippen LogP contribution in [-0.4, -0.2) is 63.2 Å². The number of hydrogen-bond acceptors (Lipinski definition) is 8. The summed E-state index contributed by atoms with van der Waals surface area (Å²) in [4.78, 5) is 69.4. The molecule has 0 saturated carbocycles. The van der Waals surface area contributed by atoms with E-state index in [9.17, 15) is 68.3 Å². The minimum atomic E-state index is -4.87. The molecule has 0 fully saturated rings. The molecule has 0 N–H and O–H groups in total. The fraction of sp³-hybridized carbons (Fsp3) is 0.231. The minimum Gasteiger partial charge on any atom is -0.300 e. The zero-order chi connectivity index (χ0) is 42.4. The third-order valence-electron chi connectivity index (χ3n) is 6.87. The Morgan fingerprint density at radius 2 is 0.877 bits per heavy atom. The summed E-state index contributed by atoms with van der Waals surface area (Å²) in [5.74, 6) is -8.29. The van der Waals surface area contributed by atoms with Crippen molar-refractivity contribution < 1.29 is 118 Å². The van der Waals surface area contributed by atoms with E-state index in [0.29, 0.717) is 0 Å². The number of carbonyl (C=O) groups is 6. The second-order valence-corrected chi connectivity index (χ2v) is 11.7. The van der Waals surface area contributed by atoms with Crippen LogP contribution in [0.15, 0.2) is 97.2 Å². The van der Waals surface area contributed by atoms with Gasteiger partial charge in [0.1, 0.15) is 17.3 Å². The quantitative estimate of drug-likeness (QED) is 0.0856. The zero-order valence-corrected chi connectivity index (χ0v) is 32.4. The standard InChI is InChI=1S/C24H16N2.3C5H5F3O2.Eu/c1-3-8-17(9-4-1)21-16-20-14-13-19-12-7-15-25-23(19)24(20)26-22(21)18-10-5-2-6-11-18;3*1-3(9)2-4(10)5(6,7)8;/h1-16H;3*2H2,1H3;. The monoisotopic (exact) mass is 947 g/mol. The Morgan fingerprint density at radius 1 is 0.491 bits per heavy atom. The summed E-state index contributed by atoms with van der Waals surface area (Å²) >= 11 is 0. The molecule has 3 aromatic carbocycles. The molecule has 0 atom stereocenters. The van der Waals surface area contributed by atoms with Gasteiger partial charge in [0.05, 0.1) is 36.0 Å². The largest absolute Gasteiger partial charge is 0.450 e. The molecule has 303 valence electrons. The molecule has 0 bridgehead atoms. The Labute approximate surface area is 359 Å². The van der Waals surface area contributed by atoms with Crippen molar-refractivity contribution in [2.75, 3.05) is 0 Å². The summed E-state index contributed by atoms with van der Waals surface area (Å²) in [5.41, 5.74) is 6.30. The maximum absolute atomic E-state index is 11.3. The van der Waals surface area contributed by atoms with Crippen LogP contribution in [-0.2, 0) is 28.8 Å². The van der Waals surface area contributed by atoms with Gasteiger partial charge in [-0.1, -0.05) is 78.9 Å². The van der Waals surface area contributed by atoms with Crippen LogP contribution in [0.4, 0.5) is 39.5 Å². The molecule has 18 heteroatoms. The molecule has 2 heterocycles. The Hall–Kier alpha value is -4.55. The minimum absolute atomic E-state index is 0. The number of pyridine rings is 2. The smallest absolute Gasteiger partial charge is 0.300 e. The van der Waals surface area contributed by atoms with Gasteiger partial charge in [0.25, 0.3) is 0 Å². The normalized spacial score (nSPS) is 10.9. The van der Waals surface area contributed by atoms with E-state index < -0.39 is 72.5 Å². The first-order valence-electron chi connectivity index (χ1n) is 16.0. The molecule has 0 aliphatic rings.